The first-order valence-corrected chi connectivity index (χ1v) is 6.11. The van der Waals surface area contributed by atoms with Gasteiger partial charge in [-0.1, -0.05) is 11.2 Å². The van der Waals surface area contributed by atoms with Gasteiger partial charge in [-0.05, 0) is 12.0 Å². The lowest BCUT2D eigenvalue weighted by Crippen LogP contribution is -2.40. The summed E-state index contributed by atoms with van der Waals surface area (Å²) in [5.74, 6) is -1.03. The molecule has 0 radical (unpaired) electrons. The standard InChI is InChI=1S/C12H17N3O5/c1-4-5-9-11(18-7(2)16)12(19-8(3)17)10(20-9)6-14-15-13/h4,9-12H,1,5-6H2,2-3H3/t9-,10+,11?,12?/m0/s1. The van der Waals surface area contributed by atoms with E-state index in [0.717, 1.165) is 0 Å². The molecule has 1 fully saturated rings. The third-order valence-electron chi connectivity index (χ3n) is 2.73. The molecule has 0 N–H and O–H groups in total. The van der Waals surface area contributed by atoms with Gasteiger partial charge in [0, 0.05) is 18.8 Å². The van der Waals surface area contributed by atoms with Crippen LogP contribution in [0, 0.1) is 0 Å². The normalized spacial score (nSPS) is 28.3. The van der Waals surface area contributed by atoms with E-state index >= 15 is 0 Å². The van der Waals surface area contributed by atoms with Gasteiger partial charge in [0.1, 0.15) is 12.2 Å². The van der Waals surface area contributed by atoms with E-state index in [1.807, 2.05) is 0 Å². The number of hydrogen-bond donors (Lipinski definition) is 0. The third kappa shape index (κ3) is 4.25. The summed E-state index contributed by atoms with van der Waals surface area (Å²) >= 11 is 0. The fourth-order valence-corrected chi connectivity index (χ4v) is 2.09. The highest BCUT2D eigenvalue weighted by Crippen LogP contribution is 2.29. The molecule has 0 saturated carbocycles. The molecule has 4 atom stereocenters. The van der Waals surface area contributed by atoms with Crippen molar-refractivity contribution < 1.29 is 23.8 Å². The lowest BCUT2D eigenvalue weighted by atomic mass is 10.0. The largest absolute Gasteiger partial charge is 0.456 e. The topological polar surface area (TPSA) is 111 Å². The van der Waals surface area contributed by atoms with Gasteiger partial charge >= 0.3 is 11.9 Å². The van der Waals surface area contributed by atoms with Crippen LogP contribution in [0.2, 0.25) is 0 Å². The molecule has 0 aromatic heterocycles. The van der Waals surface area contributed by atoms with Crippen LogP contribution in [0.1, 0.15) is 20.3 Å². The number of esters is 2. The molecule has 0 aliphatic carbocycles. The third-order valence-corrected chi connectivity index (χ3v) is 2.73. The minimum absolute atomic E-state index is 0.0140. The van der Waals surface area contributed by atoms with Gasteiger partial charge < -0.3 is 14.2 Å². The first-order valence-electron chi connectivity index (χ1n) is 6.11. The quantitative estimate of drug-likeness (QED) is 0.241. The molecule has 1 rings (SSSR count). The maximum atomic E-state index is 11.2. The van der Waals surface area contributed by atoms with Gasteiger partial charge in [0.05, 0.1) is 6.54 Å². The Labute approximate surface area is 116 Å². The van der Waals surface area contributed by atoms with E-state index in [-0.39, 0.29) is 6.54 Å². The predicted octanol–water partition coefficient (Wildman–Crippen LogP) is 1.50. The summed E-state index contributed by atoms with van der Waals surface area (Å²) in [7, 11) is 0. The molecule has 8 heteroatoms. The molecule has 20 heavy (non-hydrogen) atoms. The fourth-order valence-electron chi connectivity index (χ4n) is 2.09. The van der Waals surface area contributed by atoms with Crippen molar-refractivity contribution in [2.75, 3.05) is 6.54 Å². The summed E-state index contributed by atoms with van der Waals surface area (Å²) in [5.41, 5.74) is 8.37. The van der Waals surface area contributed by atoms with E-state index in [1.54, 1.807) is 6.08 Å². The van der Waals surface area contributed by atoms with Gasteiger partial charge in [0.15, 0.2) is 12.2 Å². The molecule has 1 aliphatic heterocycles. The van der Waals surface area contributed by atoms with Crippen LogP contribution in [0.5, 0.6) is 0 Å². The Hall–Kier alpha value is -2.05. The molecule has 0 aromatic carbocycles. The highest BCUT2D eigenvalue weighted by Gasteiger charge is 2.47. The number of ether oxygens (including phenoxy) is 3. The van der Waals surface area contributed by atoms with E-state index in [2.05, 4.69) is 16.6 Å². The second-order valence-electron chi connectivity index (χ2n) is 4.30. The van der Waals surface area contributed by atoms with Gasteiger partial charge in [0.25, 0.3) is 0 Å². The highest BCUT2D eigenvalue weighted by molar-refractivity contribution is 5.67. The second kappa shape index (κ2) is 7.52. The molecule has 2 unspecified atom stereocenters. The molecule has 0 aromatic rings. The number of azide groups is 1. The zero-order valence-corrected chi connectivity index (χ0v) is 11.4. The summed E-state index contributed by atoms with van der Waals surface area (Å²) in [4.78, 5) is 25.0. The SMILES string of the molecule is C=CC[C@@H]1O[C@H](CN=[N+]=[N-])C(OC(C)=O)C1OC(C)=O. The minimum atomic E-state index is -0.799. The molecule has 1 heterocycles. The summed E-state index contributed by atoms with van der Waals surface area (Å²) in [6.45, 7) is 6.09. The summed E-state index contributed by atoms with van der Waals surface area (Å²) in [6, 6.07) is 0. The molecule has 0 spiro atoms. The molecule has 0 bridgehead atoms. The molecular formula is C12H17N3O5. The predicted molar refractivity (Wildman–Crippen MR) is 68.6 cm³/mol. The molecule has 0 amide bonds. The Balaban J connectivity index is 2.94. The van der Waals surface area contributed by atoms with Crippen LogP contribution in [0.15, 0.2) is 17.8 Å². The molecule has 1 saturated heterocycles. The number of carbonyl (C=O) groups is 2. The highest BCUT2D eigenvalue weighted by atomic mass is 16.6. The van der Waals surface area contributed by atoms with Crippen LogP contribution in [0.3, 0.4) is 0 Å². The van der Waals surface area contributed by atoms with Gasteiger partial charge in [0.2, 0.25) is 0 Å². The average Bonchev–Trinajstić information content (AvgIpc) is 2.65. The minimum Gasteiger partial charge on any atom is -0.456 e. The average molecular weight is 283 g/mol. The molecule has 1 aliphatic rings. The van der Waals surface area contributed by atoms with Gasteiger partial charge in [-0.3, -0.25) is 9.59 Å². The summed E-state index contributed by atoms with van der Waals surface area (Å²) in [6.07, 6.45) is -0.645. The zero-order chi connectivity index (χ0) is 15.1. The van der Waals surface area contributed by atoms with E-state index in [9.17, 15) is 9.59 Å². The Bertz CT molecular complexity index is 433. The van der Waals surface area contributed by atoms with Crippen molar-refractivity contribution in [3.63, 3.8) is 0 Å². The van der Waals surface area contributed by atoms with Crippen molar-refractivity contribution in [2.45, 2.75) is 44.7 Å². The molecule has 110 valence electrons. The lowest BCUT2D eigenvalue weighted by molar-refractivity contribution is -0.163. The van der Waals surface area contributed by atoms with Crippen molar-refractivity contribution >= 4 is 11.9 Å². The van der Waals surface area contributed by atoms with Gasteiger partial charge in [-0.2, -0.15) is 0 Å². The van der Waals surface area contributed by atoms with Gasteiger partial charge in [-0.15, -0.1) is 6.58 Å². The molecular weight excluding hydrogens is 266 g/mol. The first-order chi connectivity index (χ1) is 9.49. The number of hydrogen-bond acceptors (Lipinski definition) is 6. The monoisotopic (exact) mass is 283 g/mol. The van der Waals surface area contributed by atoms with E-state index in [4.69, 9.17) is 19.7 Å². The van der Waals surface area contributed by atoms with E-state index < -0.39 is 36.4 Å². The van der Waals surface area contributed by atoms with E-state index in [0.29, 0.717) is 6.42 Å². The van der Waals surface area contributed by atoms with Crippen molar-refractivity contribution in [3.05, 3.63) is 23.1 Å². The second-order valence-corrected chi connectivity index (χ2v) is 4.30. The smallest absolute Gasteiger partial charge is 0.303 e. The maximum absolute atomic E-state index is 11.2. The summed E-state index contributed by atoms with van der Waals surface area (Å²) < 4.78 is 16.0. The molecule has 8 nitrogen and oxygen atoms in total. The fraction of sp³-hybridized carbons (Fsp3) is 0.667. The zero-order valence-electron chi connectivity index (χ0n) is 11.4. The van der Waals surface area contributed by atoms with Crippen molar-refractivity contribution in [1.82, 2.24) is 0 Å². The van der Waals surface area contributed by atoms with Crippen molar-refractivity contribution in [2.24, 2.45) is 5.11 Å². The van der Waals surface area contributed by atoms with Crippen LogP contribution in [-0.2, 0) is 23.8 Å². The number of nitrogens with zero attached hydrogens (tertiary/aromatic N) is 3. The Morgan fingerprint density at radius 1 is 1.30 bits per heavy atom. The maximum Gasteiger partial charge on any atom is 0.303 e. The van der Waals surface area contributed by atoms with Gasteiger partial charge in [-0.25, -0.2) is 0 Å². The first kappa shape index (κ1) is 16.0. The van der Waals surface area contributed by atoms with Crippen LogP contribution in [0.4, 0.5) is 0 Å². The van der Waals surface area contributed by atoms with Crippen LogP contribution in [0.25, 0.3) is 10.4 Å². The van der Waals surface area contributed by atoms with Crippen LogP contribution in [-0.4, -0.2) is 42.9 Å². The van der Waals surface area contributed by atoms with Crippen molar-refractivity contribution in [1.29, 1.82) is 0 Å². The Morgan fingerprint density at radius 3 is 2.30 bits per heavy atom. The number of carbonyl (C=O) groups excluding carboxylic acids is 2. The van der Waals surface area contributed by atoms with Crippen LogP contribution < -0.4 is 0 Å². The lowest BCUT2D eigenvalue weighted by Gasteiger charge is -2.22. The summed E-state index contributed by atoms with van der Waals surface area (Å²) in [5, 5.41) is 3.42. The Morgan fingerprint density at radius 2 is 1.85 bits per heavy atom. The Kier molecular flexibility index (Phi) is 6.02. The van der Waals surface area contributed by atoms with Crippen LogP contribution >= 0.6 is 0 Å². The van der Waals surface area contributed by atoms with E-state index in [1.165, 1.54) is 13.8 Å². The van der Waals surface area contributed by atoms with Crippen molar-refractivity contribution in [3.8, 4) is 0 Å². The number of rotatable bonds is 6.